The van der Waals surface area contributed by atoms with Gasteiger partial charge in [-0.2, -0.15) is 11.8 Å². The van der Waals surface area contributed by atoms with Crippen LogP contribution in [0.5, 0.6) is 0 Å². The summed E-state index contributed by atoms with van der Waals surface area (Å²) in [6, 6.07) is 3.24. The number of hydrogen-bond acceptors (Lipinski definition) is 3. The second-order valence-electron chi connectivity index (χ2n) is 3.29. The highest BCUT2D eigenvalue weighted by molar-refractivity contribution is 7.98. The number of aromatic carboxylic acids is 1. The smallest absolute Gasteiger partial charge is 0.337 e. The van der Waals surface area contributed by atoms with Crippen LogP contribution in [0.1, 0.15) is 16.8 Å². The molecule has 2 N–H and O–H groups in total. The molecule has 0 heterocycles. The van der Waals surface area contributed by atoms with Gasteiger partial charge in [-0.1, -0.05) is 0 Å². The number of carbonyl (C=O) groups excluding carboxylic acids is 1. The zero-order valence-electron chi connectivity index (χ0n) is 9.20. The van der Waals surface area contributed by atoms with Crippen molar-refractivity contribution in [2.45, 2.75) is 6.42 Å². The summed E-state index contributed by atoms with van der Waals surface area (Å²) >= 11 is 1.52. The SMILES string of the molecule is CSCCC(=O)Nc1ccc(F)cc1C(=O)O. The van der Waals surface area contributed by atoms with Crippen LogP contribution >= 0.6 is 11.8 Å². The maximum absolute atomic E-state index is 12.9. The van der Waals surface area contributed by atoms with E-state index < -0.39 is 11.8 Å². The van der Waals surface area contributed by atoms with Crippen molar-refractivity contribution in [2.75, 3.05) is 17.3 Å². The summed E-state index contributed by atoms with van der Waals surface area (Å²) in [5.74, 6) is -1.56. The van der Waals surface area contributed by atoms with E-state index >= 15 is 0 Å². The molecule has 0 aliphatic heterocycles. The minimum Gasteiger partial charge on any atom is -0.478 e. The average Bonchev–Trinajstić information content (AvgIpc) is 2.28. The first kappa shape index (κ1) is 13.5. The number of halogens is 1. The molecule has 0 aliphatic rings. The number of thioether (sulfide) groups is 1. The lowest BCUT2D eigenvalue weighted by molar-refractivity contribution is -0.115. The quantitative estimate of drug-likeness (QED) is 0.848. The Kier molecular flexibility index (Phi) is 4.96. The molecular formula is C11H12FNO3S. The maximum Gasteiger partial charge on any atom is 0.337 e. The molecule has 0 saturated carbocycles. The maximum atomic E-state index is 12.9. The molecule has 0 unspecified atom stereocenters. The highest BCUT2D eigenvalue weighted by Crippen LogP contribution is 2.17. The van der Waals surface area contributed by atoms with Gasteiger partial charge in [0, 0.05) is 12.2 Å². The molecular weight excluding hydrogens is 245 g/mol. The fourth-order valence-electron chi connectivity index (χ4n) is 1.21. The van der Waals surface area contributed by atoms with E-state index in [0.29, 0.717) is 5.75 Å². The van der Waals surface area contributed by atoms with Crippen LogP contribution in [0.4, 0.5) is 10.1 Å². The number of nitrogens with one attached hydrogen (secondary N) is 1. The molecule has 6 heteroatoms. The van der Waals surface area contributed by atoms with Crippen LogP contribution in [0.15, 0.2) is 18.2 Å². The molecule has 0 saturated heterocycles. The van der Waals surface area contributed by atoms with Crippen molar-refractivity contribution in [2.24, 2.45) is 0 Å². The van der Waals surface area contributed by atoms with Crippen molar-refractivity contribution >= 4 is 29.3 Å². The van der Waals surface area contributed by atoms with E-state index in [2.05, 4.69) is 5.32 Å². The Hall–Kier alpha value is -1.56. The molecule has 0 bridgehead atoms. The van der Waals surface area contributed by atoms with Crippen LogP contribution in [0.2, 0.25) is 0 Å². The van der Waals surface area contributed by atoms with Gasteiger partial charge in [0.05, 0.1) is 11.3 Å². The van der Waals surface area contributed by atoms with Gasteiger partial charge in [0.2, 0.25) is 5.91 Å². The monoisotopic (exact) mass is 257 g/mol. The third kappa shape index (κ3) is 4.07. The zero-order chi connectivity index (χ0) is 12.8. The molecule has 1 aromatic rings. The molecule has 17 heavy (non-hydrogen) atoms. The molecule has 0 spiro atoms. The number of rotatable bonds is 5. The van der Waals surface area contributed by atoms with E-state index in [1.54, 1.807) is 0 Å². The van der Waals surface area contributed by atoms with Crippen LogP contribution in [-0.2, 0) is 4.79 Å². The van der Waals surface area contributed by atoms with Gasteiger partial charge in [-0.05, 0) is 24.5 Å². The van der Waals surface area contributed by atoms with Crippen LogP contribution in [0.3, 0.4) is 0 Å². The Morgan fingerprint density at radius 3 is 2.76 bits per heavy atom. The predicted octanol–water partition coefficient (Wildman–Crippen LogP) is 2.22. The fraction of sp³-hybridized carbons (Fsp3) is 0.273. The van der Waals surface area contributed by atoms with Gasteiger partial charge < -0.3 is 10.4 Å². The summed E-state index contributed by atoms with van der Waals surface area (Å²) in [7, 11) is 0. The van der Waals surface area contributed by atoms with Gasteiger partial charge >= 0.3 is 5.97 Å². The van der Waals surface area contributed by atoms with Gasteiger partial charge in [0.25, 0.3) is 0 Å². The Morgan fingerprint density at radius 2 is 2.18 bits per heavy atom. The standard InChI is InChI=1S/C11H12FNO3S/c1-17-5-4-10(14)13-9-3-2-7(12)6-8(9)11(15)16/h2-3,6H,4-5H2,1H3,(H,13,14)(H,15,16). The van der Waals surface area contributed by atoms with Crippen molar-refractivity contribution in [1.82, 2.24) is 0 Å². The number of anilines is 1. The van der Waals surface area contributed by atoms with Gasteiger partial charge in [0.1, 0.15) is 5.82 Å². The number of carboxylic acids is 1. The Bertz CT molecular complexity index is 437. The van der Waals surface area contributed by atoms with E-state index in [0.717, 1.165) is 12.1 Å². The Balaban J connectivity index is 2.83. The number of carboxylic acid groups (broad SMARTS) is 1. The molecule has 4 nitrogen and oxygen atoms in total. The summed E-state index contributed by atoms with van der Waals surface area (Å²) < 4.78 is 12.9. The van der Waals surface area contributed by atoms with Crippen LogP contribution in [0.25, 0.3) is 0 Å². The molecule has 0 aliphatic carbocycles. The van der Waals surface area contributed by atoms with Gasteiger partial charge in [-0.25, -0.2) is 9.18 Å². The van der Waals surface area contributed by atoms with E-state index in [4.69, 9.17) is 5.11 Å². The van der Waals surface area contributed by atoms with Crippen molar-refractivity contribution in [3.05, 3.63) is 29.6 Å². The molecule has 1 aromatic carbocycles. The summed E-state index contributed by atoms with van der Waals surface area (Å²) in [6.45, 7) is 0. The van der Waals surface area contributed by atoms with E-state index in [-0.39, 0.29) is 23.6 Å². The molecule has 1 amide bonds. The Morgan fingerprint density at radius 1 is 1.47 bits per heavy atom. The lowest BCUT2D eigenvalue weighted by Gasteiger charge is -2.08. The van der Waals surface area contributed by atoms with Crippen molar-refractivity contribution in [3.63, 3.8) is 0 Å². The number of benzene rings is 1. The normalized spacial score (nSPS) is 10.0. The van der Waals surface area contributed by atoms with Gasteiger partial charge in [-0.15, -0.1) is 0 Å². The van der Waals surface area contributed by atoms with Crippen LogP contribution in [-0.4, -0.2) is 29.0 Å². The van der Waals surface area contributed by atoms with Gasteiger partial charge in [-0.3, -0.25) is 4.79 Å². The van der Waals surface area contributed by atoms with E-state index in [1.807, 2.05) is 6.26 Å². The van der Waals surface area contributed by atoms with Crippen LogP contribution in [0, 0.1) is 5.82 Å². The highest BCUT2D eigenvalue weighted by Gasteiger charge is 2.13. The summed E-state index contributed by atoms with van der Waals surface area (Å²) in [4.78, 5) is 22.3. The molecule has 92 valence electrons. The van der Waals surface area contributed by atoms with Gasteiger partial charge in [0.15, 0.2) is 0 Å². The van der Waals surface area contributed by atoms with Crippen molar-refractivity contribution in [1.29, 1.82) is 0 Å². The minimum atomic E-state index is -1.27. The lowest BCUT2D eigenvalue weighted by Crippen LogP contribution is -2.15. The van der Waals surface area contributed by atoms with E-state index in [9.17, 15) is 14.0 Å². The second kappa shape index (κ2) is 6.24. The largest absolute Gasteiger partial charge is 0.478 e. The third-order valence-corrected chi connectivity index (χ3v) is 2.63. The molecule has 1 rings (SSSR count). The number of carbonyl (C=O) groups is 2. The first-order valence-corrected chi connectivity index (χ1v) is 6.25. The minimum absolute atomic E-state index is 0.116. The molecule has 0 aromatic heterocycles. The Labute approximate surface area is 102 Å². The summed E-state index contributed by atoms with van der Waals surface area (Å²) in [5, 5.41) is 11.3. The predicted molar refractivity (Wildman–Crippen MR) is 65.0 cm³/mol. The summed E-state index contributed by atoms with van der Waals surface area (Å²) in [6.07, 6.45) is 2.16. The number of hydrogen-bond donors (Lipinski definition) is 2. The number of amides is 1. The first-order valence-electron chi connectivity index (χ1n) is 4.86. The lowest BCUT2D eigenvalue weighted by atomic mass is 10.1. The topological polar surface area (TPSA) is 66.4 Å². The van der Waals surface area contributed by atoms with Crippen molar-refractivity contribution in [3.8, 4) is 0 Å². The van der Waals surface area contributed by atoms with Crippen molar-refractivity contribution < 1.29 is 19.1 Å². The van der Waals surface area contributed by atoms with Crippen LogP contribution < -0.4 is 5.32 Å². The second-order valence-corrected chi connectivity index (χ2v) is 4.27. The molecule has 0 atom stereocenters. The first-order chi connectivity index (χ1) is 8.04. The average molecular weight is 257 g/mol. The third-order valence-electron chi connectivity index (χ3n) is 2.02. The highest BCUT2D eigenvalue weighted by atomic mass is 32.2. The zero-order valence-corrected chi connectivity index (χ0v) is 10.0. The molecule has 0 radical (unpaired) electrons. The summed E-state index contributed by atoms with van der Waals surface area (Å²) in [5.41, 5.74) is -0.132. The fourth-order valence-corrected chi connectivity index (χ4v) is 1.60. The van der Waals surface area contributed by atoms with E-state index in [1.165, 1.54) is 17.8 Å². The molecule has 0 fully saturated rings.